The molecule has 2 rings (SSSR count). The van der Waals surface area contributed by atoms with E-state index in [4.69, 9.17) is 0 Å². The van der Waals surface area contributed by atoms with Crippen LogP contribution in [0.1, 0.15) is 5.56 Å². The van der Waals surface area contributed by atoms with Gasteiger partial charge in [0.15, 0.2) is 0 Å². The van der Waals surface area contributed by atoms with Crippen LogP contribution < -0.4 is 10.6 Å². The molecular formula is C13H20N2O3. The molecule has 0 amide bonds. The second-order valence-electron chi connectivity index (χ2n) is 4.68. The molecule has 1 saturated heterocycles. The number of hydrogen-bond acceptors (Lipinski definition) is 5. The molecule has 1 aromatic rings. The lowest BCUT2D eigenvalue weighted by molar-refractivity contribution is -0.0598. The molecule has 0 spiro atoms. The molecule has 0 bridgehead atoms. The molecule has 0 aliphatic carbocycles. The van der Waals surface area contributed by atoms with Crippen LogP contribution in [0.15, 0.2) is 30.3 Å². The second-order valence-corrected chi connectivity index (χ2v) is 4.68. The van der Waals surface area contributed by atoms with Crippen molar-refractivity contribution in [3.05, 3.63) is 35.9 Å². The van der Waals surface area contributed by atoms with Gasteiger partial charge in [-0.25, -0.2) is 0 Å². The number of rotatable bonds is 3. The van der Waals surface area contributed by atoms with E-state index in [1.807, 2.05) is 30.3 Å². The van der Waals surface area contributed by atoms with Crippen LogP contribution in [0.5, 0.6) is 0 Å². The largest absolute Gasteiger partial charge is 0.389 e. The lowest BCUT2D eigenvalue weighted by Gasteiger charge is -2.26. The van der Waals surface area contributed by atoms with Gasteiger partial charge in [0.1, 0.15) is 6.10 Å². The molecule has 0 unspecified atom stereocenters. The van der Waals surface area contributed by atoms with E-state index in [0.717, 1.165) is 5.56 Å². The minimum Gasteiger partial charge on any atom is -0.389 e. The van der Waals surface area contributed by atoms with Gasteiger partial charge in [0.05, 0.1) is 12.2 Å². The summed E-state index contributed by atoms with van der Waals surface area (Å²) < 4.78 is 0. The van der Waals surface area contributed by atoms with Crippen LogP contribution in [0.2, 0.25) is 0 Å². The first kappa shape index (κ1) is 13.5. The third-order valence-electron chi connectivity index (χ3n) is 3.29. The smallest absolute Gasteiger partial charge is 0.109 e. The van der Waals surface area contributed by atoms with Gasteiger partial charge in [0.25, 0.3) is 0 Å². The molecule has 4 atom stereocenters. The van der Waals surface area contributed by atoms with Crippen molar-refractivity contribution in [2.45, 2.75) is 30.9 Å². The molecule has 100 valence electrons. The van der Waals surface area contributed by atoms with Gasteiger partial charge in [-0.2, -0.15) is 0 Å². The van der Waals surface area contributed by atoms with E-state index in [0.29, 0.717) is 19.6 Å². The van der Waals surface area contributed by atoms with E-state index in [1.165, 1.54) is 0 Å². The highest BCUT2D eigenvalue weighted by Crippen LogP contribution is 2.09. The van der Waals surface area contributed by atoms with Crippen LogP contribution >= 0.6 is 0 Å². The fourth-order valence-electron chi connectivity index (χ4n) is 2.13. The summed E-state index contributed by atoms with van der Waals surface area (Å²) in [5.74, 6) is 0. The highest BCUT2D eigenvalue weighted by Gasteiger charge is 2.33. The molecule has 0 radical (unpaired) electrons. The van der Waals surface area contributed by atoms with Crippen molar-refractivity contribution < 1.29 is 15.3 Å². The molecule has 1 aliphatic heterocycles. The molecular weight excluding hydrogens is 232 g/mol. The van der Waals surface area contributed by atoms with Gasteiger partial charge in [-0.05, 0) is 5.56 Å². The summed E-state index contributed by atoms with van der Waals surface area (Å²) in [6.45, 7) is 1.43. The minimum absolute atomic E-state index is 0.280. The summed E-state index contributed by atoms with van der Waals surface area (Å²) in [4.78, 5) is 0. The first-order valence-corrected chi connectivity index (χ1v) is 6.20. The Bertz CT molecular complexity index is 361. The standard InChI is InChI=1S/C13H20N2O3/c16-11-8-14-7-10(12(17)13(11)18)15-6-9-4-2-1-3-5-9/h1-5,10-18H,6-8H2/t10-,11-,12-,13-/m1/s1. The van der Waals surface area contributed by atoms with Crippen molar-refractivity contribution in [2.24, 2.45) is 0 Å². The Balaban J connectivity index is 1.92. The molecule has 1 heterocycles. The van der Waals surface area contributed by atoms with Gasteiger partial charge in [-0.1, -0.05) is 30.3 Å². The monoisotopic (exact) mass is 252 g/mol. The Morgan fingerprint density at radius 2 is 1.78 bits per heavy atom. The third kappa shape index (κ3) is 3.28. The molecule has 5 N–H and O–H groups in total. The van der Waals surface area contributed by atoms with Crippen molar-refractivity contribution in [2.75, 3.05) is 13.1 Å². The first-order valence-electron chi connectivity index (χ1n) is 6.20. The highest BCUT2D eigenvalue weighted by molar-refractivity contribution is 5.14. The molecule has 0 aromatic heterocycles. The normalized spacial score (nSPS) is 33.1. The maximum Gasteiger partial charge on any atom is 0.109 e. The van der Waals surface area contributed by atoms with Crippen LogP contribution in [0.3, 0.4) is 0 Å². The molecule has 5 heteroatoms. The summed E-state index contributed by atoms with van der Waals surface area (Å²) in [7, 11) is 0. The van der Waals surface area contributed by atoms with E-state index in [9.17, 15) is 15.3 Å². The lowest BCUT2D eigenvalue weighted by atomic mass is 10.0. The van der Waals surface area contributed by atoms with Gasteiger partial charge < -0.3 is 26.0 Å². The van der Waals surface area contributed by atoms with Gasteiger partial charge >= 0.3 is 0 Å². The zero-order chi connectivity index (χ0) is 13.0. The van der Waals surface area contributed by atoms with Crippen molar-refractivity contribution in [3.63, 3.8) is 0 Å². The number of nitrogens with one attached hydrogen (secondary N) is 2. The van der Waals surface area contributed by atoms with E-state index in [2.05, 4.69) is 10.6 Å². The molecule has 18 heavy (non-hydrogen) atoms. The minimum atomic E-state index is -1.12. The van der Waals surface area contributed by atoms with E-state index < -0.39 is 18.3 Å². The van der Waals surface area contributed by atoms with E-state index in [1.54, 1.807) is 0 Å². The Kier molecular flexibility index (Phi) is 4.68. The van der Waals surface area contributed by atoms with Crippen LogP contribution in [0.25, 0.3) is 0 Å². The molecule has 1 fully saturated rings. The summed E-state index contributed by atoms with van der Waals surface area (Å²) >= 11 is 0. The zero-order valence-corrected chi connectivity index (χ0v) is 10.2. The Morgan fingerprint density at radius 1 is 1.06 bits per heavy atom. The van der Waals surface area contributed by atoms with Crippen LogP contribution in [-0.4, -0.2) is 52.8 Å². The van der Waals surface area contributed by atoms with Crippen LogP contribution in [0, 0.1) is 0 Å². The molecule has 1 aliphatic rings. The molecule has 1 aromatic carbocycles. The van der Waals surface area contributed by atoms with Gasteiger partial charge in [-0.15, -0.1) is 0 Å². The van der Waals surface area contributed by atoms with Gasteiger partial charge in [-0.3, -0.25) is 0 Å². The van der Waals surface area contributed by atoms with Crippen molar-refractivity contribution >= 4 is 0 Å². The summed E-state index contributed by atoms with van der Waals surface area (Å²) in [5, 5.41) is 35.4. The van der Waals surface area contributed by atoms with Crippen LogP contribution in [-0.2, 0) is 6.54 Å². The average Bonchev–Trinajstić information content (AvgIpc) is 2.52. The number of hydrogen-bond donors (Lipinski definition) is 5. The van der Waals surface area contributed by atoms with Gasteiger partial charge in [0.2, 0.25) is 0 Å². The summed E-state index contributed by atoms with van der Waals surface area (Å²) in [5.41, 5.74) is 1.11. The van der Waals surface area contributed by atoms with E-state index >= 15 is 0 Å². The quantitative estimate of drug-likeness (QED) is 0.468. The van der Waals surface area contributed by atoms with Crippen molar-refractivity contribution in [3.8, 4) is 0 Å². The molecule has 0 saturated carbocycles. The predicted molar refractivity (Wildman–Crippen MR) is 68.0 cm³/mol. The average molecular weight is 252 g/mol. The molecule has 5 nitrogen and oxygen atoms in total. The van der Waals surface area contributed by atoms with Gasteiger partial charge in [0, 0.05) is 25.7 Å². The number of β-amino-alcohol motifs (C(OH)–C–C–N with tert-alkyl or cyclic N) is 1. The summed E-state index contributed by atoms with van der Waals surface area (Å²) in [6.07, 6.45) is -3.02. The zero-order valence-electron chi connectivity index (χ0n) is 10.2. The number of benzene rings is 1. The predicted octanol–water partition coefficient (Wildman–Crippen LogP) is -1.17. The Labute approximate surface area is 106 Å². The fraction of sp³-hybridized carbons (Fsp3) is 0.538. The van der Waals surface area contributed by atoms with Crippen LogP contribution in [0.4, 0.5) is 0 Å². The maximum atomic E-state index is 9.95. The van der Waals surface area contributed by atoms with Crippen molar-refractivity contribution in [1.82, 2.24) is 10.6 Å². The third-order valence-corrected chi connectivity index (χ3v) is 3.29. The Morgan fingerprint density at radius 3 is 2.50 bits per heavy atom. The SMILES string of the molecule is O[C@H]1[C@H](O)[C@H](NCc2ccccc2)CNC[C@H]1O. The van der Waals surface area contributed by atoms with E-state index in [-0.39, 0.29) is 6.04 Å². The maximum absolute atomic E-state index is 9.95. The highest BCUT2D eigenvalue weighted by atomic mass is 16.4. The fourth-order valence-corrected chi connectivity index (χ4v) is 2.13. The lowest BCUT2D eigenvalue weighted by Crippen LogP contribution is -2.50. The second kappa shape index (κ2) is 6.26. The topological polar surface area (TPSA) is 84.8 Å². The van der Waals surface area contributed by atoms with Crippen molar-refractivity contribution in [1.29, 1.82) is 0 Å². The number of aliphatic hydroxyl groups excluding tert-OH is 3. The Hall–Kier alpha value is -0.980. The summed E-state index contributed by atoms with van der Waals surface area (Å²) in [6, 6.07) is 9.57. The first-order chi connectivity index (χ1) is 8.68. The number of aliphatic hydroxyl groups is 3.